The summed E-state index contributed by atoms with van der Waals surface area (Å²) < 4.78 is 28.2. The zero-order chi connectivity index (χ0) is 26.4. The lowest BCUT2D eigenvalue weighted by Crippen LogP contribution is -2.49. The molecule has 2 aromatic rings. The number of aromatic carboxylic acids is 1. The third kappa shape index (κ3) is 4.87. The molecule has 1 fully saturated rings. The largest absolute Gasteiger partial charge is 0.487 e. The van der Waals surface area contributed by atoms with Gasteiger partial charge in [-0.3, -0.25) is 14.4 Å². The number of amides is 1. The van der Waals surface area contributed by atoms with Crippen molar-refractivity contribution in [2.75, 3.05) is 37.7 Å². The highest BCUT2D eigenvalue weighted by molar-refractivity contribution is 5.97. The van der Waals surface area contributed by atoms with Crippen LogP contribution in [0.2, 0.25) is 0 Å². The third-order valence-electron chi connectivity index (χ3n) is 6.28. The summed E-state index contributed by atoms with van der Waals surface area (Å²) in [6, 6.07) is 0.815. The van der Waals surface area contributed by atoms with Gasteiger partial charge in [0.05, 0.1) is 23.4 Å². The van der Waals surface area contributed by atoms with E-state index in [2.05, 4.69) is 0 Å². The number of carbonyl (C=O) groups is 3. The number of benzene rings is 1. The van der Waals surface area contributed by atoms with Gasteiger partial charge in [0.2, 0.25) is 11.3 Å². The van der Waals surface area contributed by atoms with Gasteiger partial charge in [-0.25, -0.2) is 9.18 Å². The number of carboxylic acids is 1. The standard InChI is InChI=1S/C25H30FN3O7/c1-14-13-35-23-20-15(22(32)16(24(33)34)12-29(14)20)11-17(26)21(23)28-9-7-27(8-10-28)18(30)5-6-19(31)36-25(2,3)4/h11-12,14H,5-10,13H2,1-4H3,(H,33,34). The van der Waals surface area contributed by atoms with E-state index >= 15 is 4.39 Å². The van der Waals surface area contributed by atoms with Crippen LogP contribution in [0.1, 0.15) is 56.9 Å². The fourth-order valence-corrected chi connectivity index (χ4v) is 4.60. The molecule has 1 saturated heterocycles. The number of anilines is 1. The Balaban J connectivity index is 1.55. The van der Waals surface area contributed by atoms with Crippen molar-refractivity contribution in [3.63, 3.8) is 0 Å². The van der Waals surface area contributed by atoms with Gasteiger partial charge in [-0.05, 0) is 33.8 Å². The van der Waals surface area contributed by atoms with Crippen LogP contribution >= 0.6 is 0 Å². The number of carboxylic acid groups (broad SMARTS) is 1. The maximum absolute atomic E-state index is 15.4. The first-order chi connectivity index (χ1) is 16.9. The van der Waals surface area contributed by atoms with Crippen molar-refractivity contribution in [3.05, 3.63) is 33.9 Å². The number of halogens is 1. The summed E-state index contributed by atoms with van der Waals surface area (Å²) in [5.74, 6) is -2.48. The Bertz CT molecular complexity index is 1290. The molecule has 1 unspecified atom stereocenters. The minimum atomic E-state index is -1.37. The Morgan fingerprint density at radius 1 is 1.17 bits per heavy atom. The zero-order valence-corrected chi connectivity index (χ0v) is 20.8. The van der Waals surface area contributed by atoms with Crippen LogP contribution in [0, 0.1) is 5.82 Å². The average molecular weight is 504 g/mol. The minimum absolute atomic E-state index is 0.0122. The molecule has 194 valence electrons. The number of piperazine rings is 1. The van der Waals surface area contributed by atoms with Gasteiger partial charge < -0.3 is 28.9 Å². The van der Waals surface area contributed by atoms with E-state index in [-0.39, 0.29) is 48.2 Å². The van der Waals surface area contributed by atoms with E-state index in [4.69, 9.17) is 9.47 Å². The molecule has 0 bridgehead atoms. The second kappa shape index (κ2) is 9.44. The van der Waals surface area contributed by atoms with Gasteiger partial charge in [0.15, 0.2) is 11.6 Å². The lowest BCUT2D eigenvalue weighted by atomic mass is 10.1. The topological polar surface area (TPSA) is 118 Å². The molecule has 11 heteroatoms. The number of ether oxygens (including phenoxy) is 2. The van der Waals surface area contributed by atoms with E-state index < -0.39 is 34.3 Å². The van der Waals surface area contributed by atoms with Gasteiger partial charge in [0.1, 0.15) is 23.5 Å². The van der Waals surface area contributed by atoms with Gasteiger partial charge in [-0.1, -0.05) is 0 Å². The molecule has 0 spiro atoms. The highest BCUT2D eigenvalue weighted by atomic mass is 19.1. The molecule has 1 aromatic carbocycles. The van der Waals surface area contributed by atoms with E-state index in [0.717, 1.165) is 6.07 Å². The fraction of sp³-hybridized carbons (Fsp3) is 0.520. The highest BCUT2D eigenvalue weighted by Gasteiger charge is 2.32. The molecule has 2 aliphatic heterocycles. The lowest BCUT2D eigenvalue weighted by Gasteiger charge is -2.38. The normalized spacial score (nSPS) is 17.6. The molecule has 36 heavy (non-hydrogen) atoms. The Morgan fingerprint density at radius 2 is 1.83 bits per heavy atom. The number of esters is 1. The monoisotopic (exact) mass is 503 g/mol. The minimum Gasteiger partial charge on any atom is -0.487 e. The molecule has 2 aliphatic rings. The van der Waals surface area contributed by atoms with Crippen molar-refractivity contribution in [1.29, 1.82) is 0 Å². The summed E-state index contributed by atoms with van der Waals surface area (Å²) in [6.45, 7) is 8.59. The van der Waals surface area contributed by atoms with Gasteiger partial charge >= 0.3 is 11.9 Å². The predicted octanol–water partition coefficient (Wildman–Crippen LogP) is 2.56. The predicted molar refractivity (Wildman–Crippen MR) is 129 cm³/mol. The summed E-state index contributed by atoms with van der Waals surface area (Å²) in [5, 5.41) is 9.38. The molecule has 0 radical (unpaired) electrons. The summed E-state index contributed by atoms with van der Waals surface area (Å²) in [5.41, 5.74) is -1.26. The van der Waals surface area contributed by atoms with E-state index in [1.165, 1.54) is 6.20 Å². The molecular weight excluding hydrogens is 473 g/mol. The van der Waals surface area contributed by atoms with Crippen LogP contribution in [-0.2, 0) is 14.3 Å². The molecule has 0 aliphatic carbocycles. The number of nitrogens with zero attached hydrogens (tertiary/aromatic N) is 3. The van der Waals surface area contributed by atoms with Gasteiger partial charge in [0.25, 0.3) is 0 Å². The molecule has 1 aromatic heterocycles. The summed E-state index contributed by atoms with van der Waals surface area (Å²) in [7, 11) is 0. The zero-order valence-electron chi connectivity index (χ0n) is 20.8. The number of hydrogen-bond acceptors (Lipinski definition) is 7. The molecule has 1 N–H and O–H groups in total. The Labute approximate surface area is 207 Å². The molecule has 1 atom stereocenters. The van der Waals surface area contributed by atoms with E-state index in [0.29, 0.717) is 31.7 Å². The second-order valence-corrected chi connectivity index (χ2v) is 10.1. The van der Waals surface area contributed by atoms with Crippen molar-refractivity contribution >= 4 is 34.4 Å². The second-order valence-electron chi connectivity index (χ2n) is 10.1. The molecule has 4 rings (SSSR count). The van der Waals surface area contributed by atoms with E-state index in [9.17, 15) is 24.3 Å². The van der Waals surface area contributed by atoms with Gasteiger partial charge in [-0.15, -0.1) is 0 Å². The molecule has 1 amide bonds. The molecule has 0 saturated carbocycles. The van der Waals surface area contributed by atoms with Crippen molar-refractivity contribution in [1.82, 2.24) is 9.47 Å². The Hall–Kier alpha value is -3.63. The number of pyridine rings is 1. The fourth-order valence-electron chi connectivity index (χ4n) is 4.60. The van der Waals surface area contributed by atoms with Gasteiger partial charge in [0, 0.05) is 38.8 Å². The Kier molecular flexibility index (Phi) is 6.68. The molecule has 10 nitrogen and oxygen atoms in total. The van der Waals surface area contributed by atoms with Crippen molar-refractivity contribution in [2.24, 2.45) is 0 Å². The maximum atomic E-state index is 15.4. The number of aromatic nitrogens is 1. The van der Waals surface area contributed by atoms with Gasteiger partial charge in [-0.2, -0.15) is 0 Å². The first kappa shape index (κ1) is 25.5. The molecular formula is C25H30FN3O7. The van der Waals surface area contributed by atoms with Crippen LogP contribution in [0.15, 0.2) is 17.1 Å². The van der Waals surface area contributed by atoms with Crippen molar-refractivity contribution in [3.8, 4) is 5.75 Å². The number of carbonyl (C=O) groups excluding carboxylic acids is 2. The van der Waals surface area contributed by atoms with Crippen LogP contribution in [0.4, 0.5) is 10.1 Å². The van der Waals surface area contributed by atoms with Crippen LogP contribution < -0.4 is 15.1 Å². The molecule has 3 heterocycles. The smallest absolute Gasteiger partial charge is 0.341 e. The number of rotatable bonds is 5. The van der Waals surface area contributed by atoms with Crippen molar-refractivity contribution in [2.45, 2.75) is 52.2 Å². The van der Waals surface area contributed by atoms with Crippen molar-refractivity contribution < 1.29 is 33.4 Å². The number of hydrogen-bond donors (Lipinski definition) is 1. The summed E-state index contributed by atoms with van der Waals surface area (Å²) in [6.07, 6.45) is 1.30. The first-order valence-electron chi connectivity index (χ1n) is 11.9. The van der Waals surface area contributed by atoms with Crippen LogP contribution in [0.3, 0.4) is 0 Å². The lowest BCUT2D eigenvalue weighted by molar-refractivity contribution is -0.156. The maximum Gasteiger partial charge on any atom is 0.341 e. The quantitative estimate of drug-likeness (QED) is 0.619. The van der Waals surface area contributed by atoms with E-state index in [1.54, 1.807) is 35.1 Å². The Morgan fingerprint density at radius 3 is 2.44 bits per heavy atom. The summed E-state index contributed by atoms with van der Waals surface area (Å²) >= 11 is 0. The third-order valence-corrected chi connectivity index (χ3v) is 6.28. The SMILES string of the molecule is CC1COc2c(N3CCN(C(=O)CCC(=O)OC(C)(C)C)CC3)c(F)cc3c(=O)c(C(=O)O)cn1c23. The van der Waals surface area contributed by atoms with E-state index in [1.807, 2.05) is 6.92 Å². The van der Waals surface area contributed by atoms with Crippen LogP contribution in [-0.4, -0.2) is 70.8 Å². The first-order valence-corrected chi connectivity index (χ1v) is 11.9. The van der Waals surface area contributed by atoms with Crippen LogP contribution in [0.25, 0.3) is 10.9 Å². The highest BCUT2D eigenvalue weighted by Crippen LogP contribution is 2.42. The average Bonchev–Trinajstić information content (AvgIpc) is 2.79. The van der Waals surface area contributed by atoms with Crippen LogP contribution in [0.5, 0.6) is 5.75 Å². The summed E-state index contributed by atoms with van der Waals surface area (Å²) in [4.78, 5) is 52.2.